The number of carbonyl (C=O) groups excluding carboxylic acids is 2. The molecule has 1 unspecified atom stereocenters. The molecule has 0 aliphatic carbocycles. The first kappa shape index (κ1) is 16.2. The van der Waals surface area contributed by atoms with Gasteiger partial charge in [-0.1, -0.05) is 6.07 Å². The molecule has 1 fully saturated rings. The molecule has 1 aliphatic rings. The van der Waals surface area contributed by atoms with Gasteiger partial charge in [-0.05, 0) is 55.7 Å². The average molecular weight is 323 g/mol. The third-order valence-electron chi connectivity index (χ3n) is 4.28. The third kappa shape index (κ3) is 3.79. The molecule has 0 saturated carbocycles. The summed E-state index contributed by atoms with van der Waals surface area (Å²) in [7, 11) is 0. The third-order valence-corrected chi connectivity index (χ3v) is 4.28. The maximum absolute atomic E-state index is 12.1. The van der Waals surface area contributed by atoms with Crippen molar-refractivity contribution in [2.24, 2.45) is 0 Å². The molecule has 1 aromatic carbocycles. The molecule has 2 heterocycles. The van der Waals surface area contributed by atoms with Crippen molar-refractivity contribution in [1.82, 2.24) is 4.98 Å². The van der Waals surface area contributed by atoms with Crippen LogP contribution >= 0.6 is 0 Å². The number of hydrogen-bond acceptors (Lipinski definition) is 3. The maximum Gasteiger partial charge on any atom is 0.227 e. The first-order valence-corrected chi connectivity index (χ1v) is 8.24. The van der Waals surface area contributed by atoms with Gasteiger partial charge < -0.3 is 10.2 Å². The van der Waals surface area contributed by atoms with Crippen LogP contribution in [0.1, 0.15) is 31.7 Å². The molecule has 2 amide bonds. The van der Waals surface area contributed by atoms with Crippen LogP contribution in [0.15, 0.2) is 48.8 Å². The molecule has 0 spiro atoms. The zero-order valence-corrected chi connectivity index (χ0v) is 13.7. The summed E-state index contributed by atoms with van der Waals surface area (Å²) < 4.78 is 0. The number of rotatable bonds is 5. The number of carbonyl (C=O) groups is 2. The monoisotopic (exact) mass is 323 g/mol. The summed E-state index contributed by atoms with van der Waals surface area (Å²) in [5.74, 6) is 0.105. The molecular formula is C19H21N3O2. The Labute approximate surface area is 141 Å². The fourth-order valence-electron chi connectivity index (χ4n) is 2.99. The molecule has 0 bridgehead atoms. The van der Waals surface area contributed by atoms with Gasteiger partial charge in [0.05, 0.1) is 0 Å². The van der Waals surface area contributed by atoms with Crippen LogP contribution in [-0.2, 0) is 16.0 Å². The van der Waals surface area contributed by atoms with Crippen molar-refractivity contribution in [3.05, 3.63) is 54.4 Å². The molecular weight excluding hydrogens is 302 g/mol. The highest BCUT2D eigenvalue weighted by atomic mass is 16.2. The Morgan fingerprint density at radius 3 is 2.79 bits per heavy atom. The molecule has 1 aliphatic heterocycles. The SMILES string of the molecule is CC1CCC(=O)N1c1cccc(NC(=O)CCc2ccncc2)c1. The smallest absolute Gasteiger partial charge is 0.227 e. The number of amides is 2. The van der Waals surface area contributed by atoms with E-state index < -0.39 is 0 Å². The summed E-state index contributed by atoms with van der Waals surface area (Å²) in [5.41, 5.74) is 2.65. The molecule has 0 radical (unpaired) electrons. The first-order chi connectivity index (χ1) is 11.6. The first-order valence-electron chi connectivity index (χ1n) is 8.24. The molecule has 3 rings (SSSR count). The molecule has 24 heavy (non-hydrogen) atoms. The van der Waals surface area contributed by atoms with Crippen LogP contribution in [-0.4, -0.2) is 22.8 Å². The van der Waals surface area contributed by atoms with Crippen molar-refractivity contribution in [2.75, 3.05) is 10.2 Å². The van der Waals surface area contributed by atoms with Gasteiger partial charge in [0.15, 0.2) is 0 Å². The van der Waals surface area contributed by atoms with Crippen molar-refractivity contribution in [3.63, 3.8) is 0 Å². The lowest BCUT2D eigenvalue weighted by Gasteiger charge is -2.22. The van der Waals surface area contributed by atoms with Crippen molar-refractivity contribution in [2.45, 2.75) is 38.6 Å². The Hall–Kier alpha value is -2.69. The second-order valence-corrected chi connectivity index (χ2v) is 6.11. The number of pyridine rings is 1. The molecule has 5 nitrogen and oxygen atoms in total. The lowest BCUT2D eigenvalue weighted by Crippen LogP contribution is -2.30. The highest BCUT2D eigenvalue weighted by Gasteiger charge is 2.28. The molecule has 2 aromatic rings. The van der Waals surface area contributed by atoms with Gasteiger partial charge in [0.1, 0.15) is 0 Å². The van der Waals surface area contributed by atoms with Gasteiger partial charge in [0.2, 0.25) is 11.8 Å². The summed E-state index contributed by atoms with van der Waals surface area (Å²) >= 11 is 0. The zero-order chi connectivity index (χ0) is 16.9. The van der Waals surface area contributed by atoms with Crippen molar-refractivity contribution < 1.29 is 9.59 Å². The average Bonchev–Trinajstić information content (AvgIpc) is 2.93. The second-order valence-electron chi connectivity index (χ2n) is 6.11. The zero-order valence-electron chi connectivity index (χ0n) is 13.7. The lowest BCUT2D eigenvalue weighted by atomic mass is 10.1. The Bertz CT molecular complexity index is 730. The molecule has 124 valence electrons. The van der Waals surface area contributed by atoms with Gasteiger partial charge in [-0.25, -0.2) is 0 Å². The minimum absolute atomic E-state index is 0.0373. The maximum atomic E-state index is 12.1. The fourth-order valence-corrected chi connectivity index (χ4v) is 2.99. The summed E-state index contributed by atoms with van der Waals surface area (Å²) in [6.07, 6.45) is 6.00. The highest BCUT2D eigenvalue weighted by molar-refractivity contribution is 5.97. The number of nitrogens with zero attached hydrogens (tertiary/aromatic N) is 2. The molecule has 1 aromatic heterocycles. The second kappa shape index (κ2) is 7.25. The van der Waals surface area contributed by atoms with E-state index in [2.05, 4.69) is 10.3 Å². The largest absolute Gasteiger partial charge is 0.326 e. The number of aryl methyl sites for hydroxylation is 1. The van der Waals surface area contributed by atoms with Gasteiger partial charge in [-0.3, -0.25) is 14.6 Å². The van der Waals surface area contributed by atoms with Gasteiger partial charge in [0, 0.05) is 42.7 Å². The quantitative estimate of drug-likeness (QED) is 0.919. The predicted molar refractivity (Wildman–Crippen MR) is 93.8 cm³/mol. The Balaban J connectivity index is 1.62. The Kier molecular flexibility index (Phi) is 4.89. The summed E-state index contributed by atoms with van der Waals surface area (Å²) in [5, 5.41) is 2.91. The van der Waals surface area contributed by atoms with E-state index in [4.69, 9.17) is 0 Å². The number of hydrogen-bond donors (Lipinski definition) is 1. The van der Waals surface area contributed by atoms with Crippen LogP contribution in [0.25, 0.3) is 0 Å². The van der Waals surface area contributed by atoms with E-state index in [0.29, 0.717) is 19.3 Å². The topological polar surface area (TPSA) is 62.3 Å². The molecule has 5 heteroatoms. The van der Waals surface area contributed by atoms with Crippen LogP contribution in [0.5, 0.6) is 0 Å². The van der Waals surface area contributed by atoms with E-state index in [-0.39, 0.29) is 17.9 Å². The summed E-state index contributed by atoms with van der Waals surface area (Å²) in [6, 6.07) is 11.5. The lowest BCUT2D eigenvalue weighted by molar-refractivity contribution is -0.117. The summed E-state index contributed by atoms with van der Waals surface area (Å²) in [4.78, 5) is 29.9. The Morgan fingerprint density at radius 2 is 2.08 bits per heavy atom. The van der Waals surface area contributed by atoms with E-state index in [9.17, 15) is 9.59 Å². The number of aromatic nitrogens is 1. The standard InChI is InChI=1S/C19H21N3O2/c1-14-5-8-19(24)22(14)17-4-2-3-16(13-17)21-18(23)7-6-15-9-11-20-12-10-15/h2-4,9-14H,5-8H2,1H3,(H,21,23). The normalized spacial score (nSPS) is 17.1. The van der Waals surface area contributed by atoms with Crippen LogP contribution in [0.4, 0.5) is 11.4 Å². The van der Waals surface area contributed by atoms with Gasteiger partial charge in [0.25, 0.3) is 0 Å². The van der Waals surface area contributed by atoms with E-state index in [1.54, 1.807) is 12.4 Å². The molecule has 1 atom stereocenters. The van der Waals surface area contributed by atoms with Gasteiger partial charge in [-0.2, -0.15) is 0 Å². The van der Waals surface area contributed by atoms with E-state index in [0.717, 1.165) is 23.4 Å². The predicted octanol–water partition coefficient (Wildman–Crippen LogP) is 3.17. The van der Waals surface area contributed by atoms with E-state index in [1.807, 2.05) is 48.2 Å². The van der Waals surface area contributed by atoms with Crippen LogP contribution in [0.2, 0.25) is 0 Å². The van der Waals surface area contributed by atoms with Crippen molar-refractivity contribution in [1.29, 1.82) is 0 Å². The van der Waals surface area contributed by atoms with Crippen LogP contribution < -0.4 is 10.2 Å². The van der Waals surface area contributed by atoms with Crippen LogP contribution in [0, 0.1) is 0 Å². The molecule has 1 saturated heterocycles. The number of benzene rings is 1. The fraction of sp³-hybridized carbons (Fsp3) is 0.316. The van der Waals surface area contributed by atoms with Crippen molar-refractivity contribution in [3.8, 4) is 0 Å². The van der Waals surface area contributed by atoms with Gasteiger partial charge in [-0.15, -0.1) is 0 Å². The van der Waals surface area contributed by atoms with E-state index >= 15 is 0 Å². The van der Waals surface area contributed by atoms with Crippen molar-refractivity contribution >= 4 is 23.2 Å². The number of anilines is 2. The summed E-state index contributed by atoms with van der Waals surface area (Å²) in [6.45, 7) is 2.05. The minimum atomic E-state index is -0.0373. The highest BCUT2D eigenvalue weighted by Crippen LogP contribution is 2.28. The van der Waals surface area contributed by atoms with Crippen LogP contribution in [0.3, 0.4) is 0 Å². The Morgan fingerprint density at radius 1 is 1.29 bits per heavy atom. The van der Waals surface area contributed by atoms with E-state index in [1.165, 1.54) is 0 Å². The molecule has 1 N–H and O–H groups in total. The number of nitrogens with one attached hydrogen (secondary N) is 1. The minimum Gasteiger partial charge on any atom is -0.326 e. The van der Waals surface area contributed by atoms with Gasteiger partial charge >= 0.3 is 0 Å².